The van der Waals surface area contributed by atoms with Crippen LogP contribution in [0.2, 0.25) is 0 Å². The molecule has 5 heteroatoms. The summed E-state index contributed by atoms with van der Waals surface area (Å²) in [5.41, 5.74) is 6.98. The van der Waals surface area contributed by atoms with Gasteiger partial charge in [-0.3, -0.25) is 4.79 Å². The van der Waals surface area contributed by atoms with Crippen LogP contribution in [-0.2, 0) is 4.79 Å². The minimum atomic E-state index is 0.202. The van der Waals surface area contributed by atoms with Gasteiger partial charge in [-0.25, -0.2) is 0 Å². The zero-order valence-corrected chi connectivity index (χ0v) is 12.0. The van der Waals surface area contributed by atoms with Gasteiger partial charge in [0.05, 0.1) is 5.75 Å². The van der Waals surface area contributed by atoms with Crippen LogP contribution in [0.4, 0.5) is 0 Å². The van der Waals surface area contributed by atoms with Crippen LogP contribution in [0.3, 0.4) is 0 Å². The first-order chi connectivity index (χ1) is 8.22. The van der Waals surface area contributed by atoms with E-state index in [2.05, 4.69) is 11.4 Å². The molecule has 0 saturated heterocycles. The maximum Gasteiger partial charge on any atom is 0.232 e. The molecule has 0 aliphatic heterocycles. The number of carbonyl (C=O) groups is 1. The van der Waals surface area contributed by atoms with Crippen LogP contribution >= 0.6 is 23.1 Å². The fourth-order valence-electron chi connectivity index (χ4n) is 1.60. The van der Waals surface area contributed by atoms with Crippen molar-refractivity contribution in [2.75, 3.05) is 25.4 Å². The molecule has 1 atom stereocenters. The maximum atomic E-state index is 11.9. The van der Waals surface area contributed by atoms with Gasteiger partial charge in [-0.05, 0) is 36.2 Å². The van der Waals surface area contributed by atoms with E-state index in [9.17, 15) is 4.79 Å². The van der Waals surface area contributed by atoms with Gasteiger partial charge in [0.2, 0.25) is 5.91 Å². The highest BCUT2D eigenvalue weighted by molar-refractivity contribution is 8.00. The number of carbonyl (C=O) groups excluding carboxylic acids is 1. The Bertz CT molecular complexity index is 323. The van der Waals surface area contributed by atoms with E-state index < -0.39 is 0 Å². The molecule has 1 unspecified atom stereocenters. The van der Waals surface area contributed by atoms with Crippen molar-refractivity contribution in [3.8, 4) is 0 Å². The average molecular weight is 272 g/mol. The monoisotopic (exact) mass is 272 g/mol. The molecule has 0 aliphatic carbocycles. The molecular weight excluding hydrogens is 252 g/mol. The lowest BCUT2D eigenvalue weighted by molar-refractivity contribution is -0.127. The van der Waals surface area contributed by atoms with Gasteiger partial charge in [0, 0.05) is 24.9 Å². The van der Waals surface area contributed by atoms with Gasteiger partial charge in [-0.1, -0.05) is 0 Å². The van der Waals surface area contributed by atoms with Crippen molar-refractivity contribution in [2.24, 2.45) is 5.73 Å². The number of hydrogen-bond donors (Lipinski definition) is 1. The van der Waals surface area contributed by atoms with E-state index in [1.165, 1.54) is 5.56 Å². The summed E-state index contributed by atoms with van der Waals surface area (Å²) < 4.78 is 0. The summed E-state index contributed by atoms with van der Waals surface area (Å²) in [6, 6.07) is 2.08. The SMILES string of the molecule is CCN(CC)C(=O)CSC(CN)c1ccsc1. The molecule has 1 rings (SSSR count). The summed E-state index contributed by atoms with van der Waals surface area (Å²) in [5, 5.41) is 4.39. The summed E-state index contributed by atoms with van der Waals surface area (Å²) in [7, 11) is 0. The van der Waals surface area contributed by atoms with Crippen LogP contribution in [0, 0.1) is 0 Å². The van der Waals surface area contributed by atoms with Crippen LogP contribution in [0.5, 0.6) is 0 Å². The van der Waals surface area contributed by atoms with E-state index in [1.54, 1.807) is 23.1 Å². The molecule has 0 aliphatic rings. The number of rotatable bonds is 7. The minimum absolute atomic E-state index is 0.202. The van der Waals surface area contributed by atoms with Gasteiger partial charge in [-0.15, -0.1) is 11.8 Å². The van der Waals surface area contributed by atoms with Crippen molar-refractivity contribution in [2.45, 2.75) is 19.1 Å². The Hall–Kier alpha value is -0.520. The Labute approximate surface area is 111 Å². The van der Waals surface area contributed by atoms with Crippen LogP contribution < -0.4 is 5.73 Å². The van der Waals surface area contributed by atoms with Crippen molar-refractivity contribution < 1.29 is 4.79 Å². The van der Waals surface area contributed by atoms with E-state index in [-0.39, 0.29) is 11.2 Å². The third-order valence-corrected chi connectivity index (χ3v) is 4.64. The number of hydrogen-bond acceptors (Lipinski definition) is 4. The highest BCUT2D eigenvalue weighted by Crippen LogP contribution is 2.29. The van der Waals surface area contributed by atoms with Crippen molar-refractivity contribution in [3.05, 3.63) is 22.4 Å². The number of nitrogens with zero attached hydrogens (tertiary/aromatic N) is 1. The van der Waals surface area contributed by atoms with E-state index in [0.29, 0.717) is 12.3 Å². The van der Waals surface area contributed by atoms with E-state index in [4.69, 9.17) is 5.73 Å². The number of thiophene rings is 1. The molecule has 1 heterocycles. The smallest absolute Gasteiger partial charge is 0.232 e. The average Bonchev–Trinajstić information content (AvgIpc) is 2.85. The molecule has 1 aromatic rings. The summed E-state index contributed by atoms with van der Waals surface area (Å²) in [4.78, 5) is 13.7. The van der Waals surface area contributed by atoms with Gasteiger partial charge in [-0.2, -0.15) is 11.3 Å². The quantitative estimate of drug-likeness (QED) is 0.829. The third kappa shape index (κ3) is 4.33. The molecule has 0 bridgehead atoms. The highest BCUT2D eigenvalue weighted by atomic mass is 32.2. The third-order valence-electron chi connectivity index (χ3n) is 2.65. The standard InChI is InChI=1S/C12H20N2OS2/c1-3-14(4-2)12(15)9-17-11(7-13)10-5-6-16-8-10/h5-6,8,11H,3-4,7,9,13H2,1-2H3. The molecule has 0 spiro atoms. The first-order valence-corrected chi connectivity index (χ1v) is 7.83. The van der Waals surface area contributed by atoms with Crippen molar-refractivity contribution in [1.82, 2.24) is 4.90 Å². The van der Waals surface area contributed by atoms with Crippen molar-refractivity contribution >= 4 is 29.0 Å². The van der Waals surface area contributed by atoms with Gasteiger partial charge in [0.1, 0.15) is 0 Å². The molecule has 2 N–H and O–H groups in total. The molecular formula is C12H20N2OS2. The molecule has 96 valence electrons. The van der Waals surface area contributed by atoms with Gasteiger partial charge in [0.15, 0.2) is 0 Å². The number of amides is 1. The zero-order chi connectivity index (χ0) is 12.7. The van der Waals surface area contributed by atoms with Gasteiger partial charge < -0.3 is 10.6 Å². The number of nitrogens with two attached hydrogens (primary N) is 1. The summed E-state index contributed by atoms with van der Waals surface area (Å²) in [5.74, 6) is 0.716. The molecule has 3 nitrogen and oxygen atoms in total. The minimum Gasteiger partial charge on any atom is -0.343 e. The van der Waals surface area contributed by atoms with E-state index in [0.717, 1.165) is 13.1 Å². The van der Waals surface area contributed by atoms with Crippen LogP contribution in [-0.4, -0.2) is 36.2 Å². The van der Waals surface area contributed by atoms with Crippen molar-refractivity contribution in [1.29, 1.82) is 0 Å². The molecule has 0 saturated carbocycles. The summed E-state index contributed by atoms with van der Waals surface area (Å²) >= 11 is 3.31. The lowest BCUT2D eigenvalue weighted by Gasteiger charge is -2.20. The predicted octanol–water partition coefficient (Wildman–Crippen LogP) is 2.35. The maximum absolute atomic E-state index is 11.9. The second-order valence-corrected chi connectivity index (χ2v) is 5.63. The Morgan fingerprint density at radius 1 is 1.53 bits per heavy atom. The molecule has 1 aromatic heterocycles. The normalized spacial score (nSPS) is 12.4. The zero-order valence-electron chi connectivity index (χ0n) is 10.4. The molecule has 0 fully saturated rings. The Morgan fingerprint density at radius 2 is 2.24 bits per heavy atom. The van der Waals surface area contributed by atoms with Crippen LogP contribution in [0.1, 0.15) is 24.7 Å². The fourth-order valence-corrected chi connectivity index (χ4v) is 3.40. The lowest BCUT2D eigenvalue weighted by atomic mass is 10.2. The molecule has 1 amide bonds. The number of thioether (sulfide) groups is 1. The molecule has 0 aromatic carbocycles. The Kier molecular flexibility index (Phi) is 6.62. The summed E-state index contributed by atoms with van der Waals surface area (Å²) in [6.07, 6.45) is 0. The van der Waals surface area contributed by atoms with Gasteiger partial charge in [0.25, 0.3) is 0 Å². The van der Waals surface area contributed by atoms with E-state index in [1.807, 2.05) is 24.1 Å². The largest absolute Gasteiger partial charge is 0.343 e. The Balaban J connectivity index is 2.46. The van der Waals surface area contributed by atoms with Crippen LogP contribution in [0.15, 0.2) is 16.8 Å². The first-order valence-electron chi connectivity index (χ1n) is 5.84. The second-order valence-electron chi connectivity index (χ2n) is 3.66. The van der Waals surface area contributed by atoms with E-state index >= 15 is 0 Å². The van der Waals surface area contributed by atoms with Gasteiger partial charge >= 0.3 is 0 Å². The molecule has 0 radical (unpaired) electrons. The summed E-state index contributed by atoms with van der Waals surface area (Å²) in [6.45, 7) is 6.15. The second kappa shape index (κ2) is 7.74. The lowest BCUT2D eigenvalue weighted by Crippen LogP contribution is -2.32. The predicted molar refractivity (Wildman–Crippen MR) is 76.5 cm³/mol. The van der Waals surface area contributed by atoms with Crippen LogP contribution in [0.25, 0.3) is 0 Å². The Morgan fingerprint density at radius 3 is 2.71 bits per heavy atom. The fraction of sp³-hybridized carbons (Fsp3) is 0.583. The first kappa shape index (κ1) is 14.5. The molecule has 17 heavy (non-hydrogen) atoms. The highest BCUT2D eigenvalue weighted by Gasteiger charge is 2.15. The topological polar surface area (TPSA) is 46.3 Å². The van der Waals surface area contributed by atoms with Crippen molar-refractivity contribution in [3.63, 3.8) is 0 Å².